The summed E-state index contributed by atoms with van der Waals surface area (Å²) >= 11 is 0. The molecule has 0 aromatic heterocycles. The van der Waals surface area contributed by atoms with Crippen molar-refractivity contribution in [1.82, 2.24) is 0 Å². The zero-order chi connectivity index (χ0) is 10.3. The molecule has 0 radical (unpaired) electrons. The summed E-state index contributed by atoms with van der Waals surface area (Å²) in [6, 6.07) is 0. The lowest BCUT2D eigenvalue weighted by Gasteiger charge is -2.22. The summed E-state index contributed by atoms with van der Waals surface area (Å²) in [4.78, 5) is 0. The van der Waals surface area contributed by atoms with E-state index in [9.17, 15) is 0 Å². The summed E-state index contributed by atoms with van der Waals surface area (Å²) in [7, 11) is 1.55. The molecule has 2 saturated heterocycles. The van der Waals surface area contributed by atoms with Crippen LogP contribution in [0.5, 0.6) is 0 Å². The number of fused-ring (bicyclic) bond motifs is 1. The third-order valence-corrected chi connectivity index (χ3v) is 2.52. The van der Waals surface area contributed by atoms with Crippen LogP contribution >= 0.6 is 0 Å². The lowest BCUT2D eigenvalue weighted by molar-refractivity contribution is -0.230. The van der Waals surface area contributed by atoms with Gasteiger partial charge in [-0.05, 0) is 13.8 Å². The number of aliphatic hydroxyl groups excluding tert-OH is 1. The predicted octanol–water partition coefficient (Wildman–Crippen LogP) is -0.130. The molecule has 2 aliphatic heterocycles. The van der Waals surface area contributed by atoms with Crippen molar-refractivity contribution in [2.24, 2.45) is 0 Å². The van der Waals surface area contributed by atoms with Crippen LogP contribution in [0.1, 0.15) is 13.8 Å². The molecule has 0 aromatic carbocycles. The average molecular weight is 204 g/mol. The summed E-state index contributed by atoms with van der Waals surface area (Å²) in [6.07, 6.45) is -1.28. The van der Waals surface area contributed by atoms with E-state index in [1.165, 1.54) is 0 Å². The van der Waals surface area contributed by atoms with E-state index >= 15 is 0 Å². The van der Waals surface area contributed by atoms with Crippen LogP contribution in [0.2, 0.25) is 0 Å². The molecule has 82 valence electrons. The molecule has 4 atom stereocenters. The molecule has 14 heavy (non-hydrogen) atoms. The highest BCUT2D eigenvalue weighted by atomic mass is 16.8. The van der Waals surface area contributed by atoms with Gasteiger partial charge in [-0.3, -0.25) is 0 Å². The molecular weight excluding hydrogens is 188 g/mol. The van der Waals surface area contributed by atoms with Crippen LogP contribution < -0.4 is 0 Å². The molecule has 0 amide bonds. The van der Waals surface area contributed by atoms with Crippen LogP contribution in [-0.4, -0.2) is 49.2 Å². The zero-order valence-electron chi connectivity index (χ0n) is 8.60. The predicted molar refractivity (Wildman–Crippen MR) is 46.6 cm³/mol. The molecule has 0 saturated carbocycles. The zero-order valence-corrected chi connectivity index (χ0v) is 8.60. The largest absolute Gasteiger partial charge is 0.394 e. The number of methoxy groups -OCH3 is 1. The van der Waals surface area contributed by atoms with E-state index in [2.05, 4.69) is 0 Å². The van der Waals surface area contributed by atoms with Crippen molar-refractivity contribution >= 4 is 0 Å². The SMILES string of the molecule is COC1OC(CO)[C@@H]2OC(C)(C)O[C@H]12. The number of ether oxygens (including phenoxy) is 4. The summed E-state index contributed by atoms with van der Waals surface area (Å²) in [5, 5.41) is 9.08. The van der Waals surface area contributed by atoms with Gasteiger partial charge in [0.1, 0.15) is 18.3 Å². The molecule has 5 heteroatoms. The molecule has 2 rings (SSSR count). The van der Waals surface area contributed by atoms with Crippen molar-refractivity contribution in [1.29, 1.82) is 0 Å². The van der Waals surface area contributed by atoms with Crippen LogP contribution in [0.4, 0.5) is 0 Å². The van der Waals surface area contributed by atoms with Gasteiger partial charge >= 0.3 is 0 Å². The lowest BCUT2D eigenvalue weighted by atomic mass is 10.1. The number of rotatable bonds is 2. The lowest BCUT2D eigenvalue weighted by Crippen LogP contribution is -2.31. The van der Waals surface area contributed by atoms with E-state index in [1.807, 2.05) is 13.8 Å². The van der Waals surface area contributed by atoms with Gasteiger partial charge in [-0.25, -0.2) is 0 Å². The van der Waals surface area contributed by atoms with Gasteiger partial charge in [0.2, 0.25) is 0 Å². The highest BCUT2D eigenvalue weighted by molar-refractivity contribution is 4.94. The maximum atomic E-state index is 9.08. The van der Waals surface area contributed by atoms with Gasteiger partial charge in [0, 0.05) is 7.11 Å². The van der Waals surface area contributed by atoms with Crippen LogP contribution in [0.15, 0.2) is 0 Å². The molecule has 2 fully saturated rings. The van der Waals surface area contributed by atoms with Gasteiger partial charge in [-0.1, -0.05) is 0 Å². The summed E-state index contributed by atoms with van der Waals surface area (Å²) in [5.74, 6) is -0.622. The number of aliphatic hydroxyl groups is 1. The topological polar surface area (TPSA) is 57.2 Å². The van der Waals surface area contributed by atoms with Crippen LogP contribution in [0.25, 0.3) is 0 Å². The first-order valence-electron chi connectivity index (χ1n) is 4.72. The Bertz CT molecular complexity index is 197. The maximum absolute atomic E-state index is 9.08. The fourth-order valence-electron chi connectivity index (χ4n) is 1.98. The Kier molecular flexibility index (Phi) is 2.53. The molecule has 2 aliphatic rings. The van der Waals surface area contributed by atoms with Crippen LogP contribution in [0.3, 0.4) is 0 Å². The second-order valence-corrected chi connectivity index (χ2v) is 4.03. The third-order valence-electron chi connectivity index (χ3n) is 2.52. The maximum Gasteiger partial charge on any atom is 0.186 e. The molecule has 1 N–H and O–H groups in total. The van der Waals surface area contributed by atoms with E-state index in [0.717, 1.165) is 0 Å². The highest BCUT2D eigenvalue weighted by Gasteiger charge is 2.55. The van der Waals surface area contributed by atoms with Gasteiger partial charge in [0.05, 0.1) is 6.61 Å². The monoisotopic (exact) mass is 204 g/mol. The summed E-state index contributed by atoms with van der Waals surface area (Å²) in [5.41, 5.74) is 0. The Morgan fingerprint density at radius 3 is 2.50 bits per heavy atom. The fourth-order valence-corrected chi connectivity index (χ4v) is 1.98. The molecular formula is C9H16O5. The highest BCUT2D eigenvalue weighted by Crippen LogP contribution is 2.38. The molecule has 5 nitrogen and oxygen atoms in total. The Balaban J connectivity index is 2.12. The van der Waals surface area contributed by atoms with E-state index in [4.69, 9.17) is 24.1 Å². The van der Waals surface area contributed by atoms with E-state index in [1.54, 1.807) is 7.11 Å². The number of hydrogen-bond acceptors (Lipinski definition) is 5. The molecule has 0 bridgehead atoms. The van der Waals surface area contributed by atoms with Crippen molar-refractivity contribution in [2.45, 2.75) is 44.2 Å². The van der Waals surface area contributed by atoms with Gasteiger partial charge in [-0.15, -0.1) is 0 Å². The van der Waals surface area contributed by atoms with Crippen molar-refractivity contribution in [3.8, 4) is 0 Å². The Morgan fingerprint density at radius 2 is 1.93 bits per heavy atom. The minimum atomic E-state index is -0.622. The second kappa shape index (κ2) is 3.43. The van der Waals surface area contributed by atoms with Crippen molar-refractivity contribution in [3.05, 3.63) is 0 Å². The van der Waals surface area contributed by atoms with Crippen molar-refractivity contribution in [2.75, 3.05) is 13.7 Å². The summed E-state index contributed by atoms with van der Waals surface area (Å²) in [6.45, 7) is 3.60. The van der Waals surface area contributed by atoms with Gasteiger partial charge in [0.25, 0.3) is 0 Å². The second-order valence-electron chi connectivity index (χ2n) is 4.03. The Labute approximate surface area is 82.9 Å². The third kappa shape index (κ3) is 1.55. The molecule has 0 aliphatic carbocycles. The van der Waals surface area contributed by atoms with Gasteiger partial charge < -0.3 is 24.1 Å². The first kappa shape index (κ1) is 10.3. The fraction of sp³-hybridized carbons (Fsp3) is 1.00. The first-order valence-corrected chi connectivity index (χ1v) is 4.72. The van der Waals surface area contributed by atoms with Gasteiger partial charge in [0.15, 0.2) is 12.1 Å². The average Bonchev–Trinajstić information content (AvgIpc) is 2.57. The minimum absolute atomic E-state index is 0.0829. The van der Waals surface area contributed by atoms with Gasteiger partial charge in [-0.2, -0.15) is 0 Å². The Morgan fingerprint density at radius 1 is 1.29 bits per heavy atom. The standard InChI is InChI=1S/C9H16O5/c1-9(2)13-6-5(4-10)12-8(11-3)7(6)14-9/h5-8,10H,4H2,1-3H3/t5?,6-,7-,8?/m0/s1. The molecule has 0 spiro atoms. The number of hydrogen-bond donors (Lipinski definition) is 1. The van der Waals surface area contributed by atoms with Crippen LogP contribution in [0, 0.1) is 0 Å². The first-order chi connectivity index (χ1) is 6.57. The molecule has 2 unspecified atom stereocenters. The van der Waals surface area contributed by atoms with E-state index in [-0.39, 0.29) is 24.9 Å². The normalized spacial score (nSPS) is 45.4. The van der Waals surface area contributed by atoms with Crippen molar-refractivity contribution < 1.29 is 24.1 Å². The molecule has 2 heterocycles. The summed E-state index contributed by atoms with van der Waals surface area (Å²) < 4.78 is 21.8. The van der Waals surface area contributed by atoms with Crippen molar-refractivity contribution in [3.63, 3.8) is 0 Å². The van der Waals surface area contributed by atoms with Crippen LogP contribution in [-0.2, 0) is 18.9 Å². The van der Waals surface area contributed by atoms with E-state index < -0.39 is 12.1 Å². The molecule has 0 aromatic rings. The Hall–Kier alpha value is -0.200. The quantitative estimate of drug-likeness (QED) is 0.679. The van der Waals surface area contributed by atoms with E-state index in [0.29, 0.717) is 0 Å². The smallest absolute Gasteiger partial charge is 0.186 e. The minimum Gasteiger partial charge on any atom is -0.394 e.